The van der Waals surface area contributed by atoms with E-state index in [0.717, 1.165) is 25.7 Å². The van der Waals surface area contributed by atoms with E-state index in [9.17, 15) is 14.9 Å². The predicted octanol–water partition coefficient (Wildman–Crippen LogP) is 2.86. The highest BCUT2D eigenvalue weighted by atomic mass is 16.6. The van der Waals surface area contributed by atoms with Crippen LogP contribution in [0.15, 0.2) is 36.0 Å². The Labute approximate surface area is 134 Å². The number of nitrogens with one attached hydrogen (secondary N) is 2. The molecule has 2 rings (SSSR count). The number of amides is 1. The van der Waals surface area contributed by atoms with E-state index in [1.165, 1.54) is 36.9 Å². The third kappa shape index (κ3) is 4.81. The fraction of sp³-hybridized carbons (Fsp3) is 0.375. The molecular weight excluding hydrogens is 296 g/mol. The van der Waals surface area contributed by atoms with Gasteiger partial charge in [-0.1, -0.05) is 25.3 Å². The Hall–Kier alpha value is -2.88. The molecule has 0 spiro atoms. The third-order valence-corrected chi connectivity index (χ3v) is 3.75. The Morgan fingerprint density at radius 3 is 2.74 bits per heavy atom. The number of nitro groups is 1. The standard InChI is InChI=1S/C16H18N4O3/c17-10-12(11-18-13-5-2-1-3-6-13)16(21)19-14-7-4-8-15(9-14)20(22)23/h4,7-9,11,13,18H,1-3,5-6H2,(H,19,21)/b12-11-. The van der Waals surface area contributed by atoms with E-state index in [1.807, 2.05) is 6.07 Å². The second-order valence-electron chi connectivity index (χ2n) is 5.43. The number of nitrogens with zero attached hydrogens (tertiary/aromatic N) is 2. The largest absolute Gasteiger partial charge is 0.387 e. The molecule has 0 atom stereocenters. The van der Waals surface area contributed by atoms with E-state index in [1.54, 1.807) is 0 Å². The van der Waals surface area contributed by atoms with Gasteiger partial charge >= 0.3 is 0 Å². The normalized spacial score (nSPS) is 15.5. The summed E-state index contributed by atoms with van der Waals surface area (Å²) in [5, 5.41) is 25.5. The molecule has 7 nitrogen and oxygen atoms in total. The highest BCUT2D eigenvalue weighted by Crippen LogP contribution is 2.19. The summed E-state index contributed by atoms with van der Waals surface area (Å²) in [6.07, 6.45) is 7.01. The molecule has 0 heterocycles. The van der Waals surface area contributed by atoms with Crippen LogP contribution in [0.4, 0.5) is 11.4 Å². The van der Waals surface area contributed by atoms with Crippen LogP contribution in [0.5, 0.6) is 0 Å². The third-order valence-electron chi connectivity index (χ3n) is 3.75. The van der Waals surface area contributed by atoms with Crippen molar-refractivity contribution in [1.82, 2.24) is 5.32 Å². The maximum atomic E-state index is 12.1. The Morgan fingerprint density at radius 2 is 2.09 bits per heavy atom. The summed E-state index contributed by atoms with van der Waals surface area (Å²) < 4.78 is 0. The number of anilines is 1. The molecule has 1 saturated carbocycles. The summed E-state index contributed by atoms with van der Waals surface area (Å²) in [4.78, 5) is 22.3. The van der Waals surface area contributed by atoms with Crippen LogP contribution in [0.25, 0.3) is 0 Å². The van der Waals surface area contributed by atoms with Crippen LogP contribution in [-0.2, 0) is 4.79 Å². The second kappa shape index (κ2) is 7.94. The lowest BCUT2D eigenvalue weighted by molar-refractivity contribution is -0.384. The molecular formula is C16H18N4O3. The highest BCUT2D eigenvalue weighted by Gasteiger charge is 2.14. The summed E-state index contributed by atoms with van der Waals surface area (Å²) in [6, 6.07) is 7.74. The van der Waals surface area contributed by atoms with Gasteiger partial charge in [-0.3, -0.25) is 14.9 Å². The van der Waals surface area contributed by atoms with Crippen LogP contribution in [0.3, 0.4) is 0 Å². The topological polar surface area (TPSA) is 108 Å². The summed E-state index contributed by atoms with van der Waals surface area (Å²) in [5.41, 5.74) is 0.107. The van der Waals surface area contributed by atoms with Crippen molar-refractivity contribution in [2.45, 2.75) is 38.1 Å². The average Bonchev–Trinajstić information content (AvgIpc) is 2.56. The van der Waals surface area contributed by atoms with Gasteiger partial charge in [0.1, 0.15) is 11.6 Å². The van der Waals surface area contributed by atoms with Crippen LogP contribution in [0.1, 0.15) is 32.1 Å². The van der Waals surface area contributed by atoms with Crippen molar-refractivity contribution in [2.75, 3.05) is 5.32 Å². The van der Waals surface area contributed by atoms with Gasteiger partial charge in [-0.25, -0.2) is 0 Å². The average molecular weight is 314 g/mol. The molecule has 1 fully saturated rings. The summed E-state index contributed by atoms with van der Waals surface area (Å²) in [6.45, 7) is 0. The minimum absolute atomic E-state index is 0.0536. The number of nitriles is 1. The minimum Gasteiger partial charge on any atom is -0.387 e. The molecule has 0 unspecified atom stereocenters. The van der Waals surface area contributed by atoms with Crippen LogP contribution in [0, 0.1) is 21.4 Å². The zero-order chi connectivity index (χ0) is 16.7. The molecule has 7 heteroatoms. The van der Waals surface area contributed by atoms with Crippen molar-refractivity contribution in [3.05, 3.63) is 46.2 Å². The summed E-state index contributed by atoms with van der Waals surface area (Å²) >= 11 is 0. The molecule has 0 bridgehead atoms. The van der Waals surface area contributed by atoms with Gasteiger partial charge in [-0.05, 0) is 18.9 Å². The molecule has 0 saturated heterocycles. The number of hydrogen-bond acceptors (Lipinski definition) is 5. The maximum absolute atomic E-state index is 12.1. The lowest BCUT2D eigenvalue weighted by Gasteiger charge is -2.21. The fourth-order valence-corrected chi connectivity index (χ4v) is 2.51. The molecule has 1 aliphatic carbocycles. The van der Waals surface area contributed by atoms with Gasteiger partial charge in [0.05, 0.1) is 4.92 Å². The first-order valence-corrected chi connectivity index (χ1v) is 7.52. The van der Waals surface area contributed by atoms with E-state index < -0.39 is 10.8 Å². The van der Waals surface area contributed by atoms with Gasteiger partial charge < -0.3 is 10.6 Å². The quantitative estimate of drug-likeness (QED) is 0.376. The number of benzene rings is 1. The van der Waals surface area contributed by atoms with Crippen LogP contribution in [-0.4, -0.2) is 16.9 Å². The second-order valence-corrected chi connectivity index (χ2v) is 5.43. The molecule has 23 heavy (non-hydrogen) atoms. The molecule has 2 N–H and O–H groups in total. The maximum Gasteiger partial charge on any atom is 0.271 e. The van der Waals surface area contributed by atoms with Gasteiger partial charge in [-0.2, -0.15) is 5.26 Å². The fourth-order valence-electron chi connectivity index (χ4n) is 2.51. The Bertz CT molecular complexity index is 658. The number of hydrogen-bond donors (Lipinski definition) is 2. The van der Waals surface area contributed by atoms with E-state index >= 15 is 0 Å². The summed E-state index contributed by atoms with van der Waals surface area (Å²) in [7, 11) is 0. The first kappa shape index (κ1) is 16.5. The van der Waals surface area contributed by atoms with Crippen LogP contribution < -0.4 is 10.6 Å². The highest BCUT2D eigenvalue weighted by molar-refractivity contribution is 6.06. The monoisotopic (exact) mass is 314 g/mol. The molecule has 0 radical (unpaired) electrons. The Kier molecular flexibility index (Phi) is 5.69. The number of rotatable bonds is 5. The number of non-ortho nitro benzene ring substituents is 1. The van der Waals surface area contributed by atoms with E-state index in [4.69, 9.17) is 5.26 Å². The van der Waals surface area contributed by atoms with Crippen molar-refractivity contribution in [1.29, 1.82) is 5.26 Å². The molecule has 120 valence electrons. The zero-order valence-electron chi connectivity index (χ0n) is 12.6. The zero-order valence-corrected chi connectivity index (χ0v) is 12.6. The van der Waals surface area contributed by atoms with Crippen molar-refractivity contribution in [2.24, 2.45) is 0 Å². The molecule has 0 aromatic heterocycles. The van der Waals surface area contributed by atoms with Crippen LogP contribution >= 0.6 is 0 Å². The van der Waals surface area contributed by atoms with Crippen molar-refractivity contribution < 1.29 is 9.72 Å². The van der Waals surface area contributed by atoms with Gasteiger partial charge in [-0.15, -0.1) is 0 Å². The van der Waals surface area contributed by atoms with Gasteiger partial charge in [0, 0.05) is 30.1 Å². The molecule has 1 amide bonds. The summed E-state index contributed by atoms with van der Waals surface area (Å²) in [5.74, 6) is -0.587. The minimum atomic E-state index is -0.587. The first-order chi connectivity index (χ1) is 11.1. The van der Waals surface area contributed by atoms with E-state index in [-0.39, 0.29) is 23.0 Å². The number of nitro benzene ring substituents is 1. The smallest absolute Gasteiger partial charge is 0.271 e. The van der Waals surface area contributed by atoms with Crippen molar-refractivity contribution in [3.63, 3.8) is 0 Å². The molecule has 1 aromatic carbocycles. The number of carbonyl (C=O) groups excluding carboxylic acids is 1. The van der Waals surface area contributed by atoms with Crippen molar-refractivity contribution >= 4 is 17.3 Å². The lowest BCUT2D eigenvalue weighted by atomic mass is 9.96. The lowest BCUT2D eigenvalue weighted by Crippen LogP contribution is -2.28. The molecule has 1 aliphatic rings. The number of carbonyl (C=O) groups is 1. The SMILES string of the molecule is N#C/C(=C/NC1CCCCC1)C(=O)Nc1cccc([N+](=O)[O-])c1. The van der Waals surface area contributed by atoms with Gasteiger partial charge in [0.25, 0.3) is 11.6 Å². The predicted molar refractivity (Wildman–Crippen MR) is 85.4 cm³/mol. The van der Waals surface area contributed by atoms with E-state index in [2.05, 4.69) is 10.6 Å². The first-order valence-electron chi connectivity index (χ1n) is 7.52. The van der Waals surface area contributed by atoms with E-state index in [0.29, 0.717) is 0 Å². The van der Waals surface area contributed by atoms with Gasteiger partial charge in [0.15, 0.2) is 0 Å². The molecule has 1 aromatic rings. The van der Waals surface area contributed by atoms with Crippen LogP contribution in [0.2, 0.25) is 0 Å². The van der Waals surface area contributed by atoms with Crippen molar-refractivity contribution in [3.8, 4) is 6.07 Å². The Balaban J connectivity index is 2.00. The molecule has 0 aliphatic heterocycles. The van der Waals surface area contributed by atoms with Gasteiger partial charge in [0.2, 0.25) is 0 Å². The Morgan fingerprint density at radius 1 is 1.35 bits per heavy atom.